The topological polar surface area (TPSA) is 116 Å². The lowest BCUT2D eigenvalue weighted by Crippen LogP contribution is -2.13. The van der Waals surface area contributed by atoms with Crippen molar-refractivity contribution in [2.45, 2.75) is 52.5 Å². The highest BCUT2D eigenvalue weighted by Gasteiger charge is 2.27. The number of esters is 1. The number of anilines is 1. The largest absolute Gasteiger partial charge is 0.465 e. The lowest BCUT2D eigenvalue weighted by atomic mass is 10.1. The summed E-state index contributed by atoms with van der Waals surface area (Å²) in [6.07, 6.45) is 4.92. The van der Waals surface area contributed by atoms with Crippen LogP contribution < -0.4 is 5.32 Å². The third kappa shape index (κ3) is 4.55. The molecular weight excluding hydrogens is 464 g/mol. The summed E-state index contributed by atoms with van der Waals surface area (Å²) in [5.74, 6) is -0.727. The molecule has 3 heterocycles. The number of carbonyl (C=O) groups excluding carboxylic acids is 2. The molecule has 174 valence electrons. The second kappa shape index (κ2) is 9.44. The van der Waals surface area contributed by atoms with Crippen LogP contribution in [0.5, 0.6) is 0 Å². The predicted molar refractivity (Wildman–Crippen MR) is 127 cm³/mol. The fourth-order valence-corrected chi connectivity index (χ4v) is 6.24. The van der Waals surface area contributed by atoms with Crippen LogP contribution in [-0.2, 0) is 24.1 Å². The number of amides is 1. The number of ether oxygens (including phenoxy) is 1. The SMILES string of the molecule is COC(=O)c1c(NC(=O)c2cc(Cn3nc(C)c([N+](=O)[O-])c3C)cs2)sc2c1CCCCC2. The van der Waals surface area contributed by atoms with Gasteiger partial charge in [-0.1, -0.05) is 6.42 Å². The summed E-state index contributed by atoms with van der Waals surface area (Å²) < 4.78 is 6.57. The third-order valence-electron chi connectivity index (χ3n) is 5.77. The molecule has 0 spiro atoms. The van der Waals surface area contributed by atoms with E-state index in [9.17, 15) is 19.7 Å². The van der Waals surface area contributed by atoms with Gasteiger partial charge in [-0.15, -0.1) is 22.7 Å². The van der Waals surface area contributed by atoms with Crippen LogP contribution in [0.1, 0.15) is 66.7 Å². The summed E-state index contributed by atoms with van der Waals surface area (Å²) in [6, 6.07) is 1.75. The Morgan fingerprint density at radius 1 is 1.27 bits per heavy atom. The van der Waals surface area contributed by atoms with Gasteiger partial charge in [0.15, 0.2) is 0 Å². The molecule has 4 rings (SSSR count). The first-order chi connectivity index (χ1) is 15.8. The van der Waals surface area contributed by atoms with E-state index in [1.165, 1.54) is 29.8 Å². The van der Waals surface area contributed by atoms with Crippen molar-refractivity contribution in [1.29, 1.82) is 0 Å². The van der Waals surface area contributed by atoms with E-state index in [1.54, 1.807) is 24.6 Å². The first-order valence-corrected chi connectivity index (χ1v) is 12.3. The maximum Gasteiger partial charge on any atom is 0.341 e. The molecule has 0 saturated carbocycles. The molecule has 0 fully saturated rings. The van der Waals surface area contributed by atoms with E-state index in [-0.39, 0.29) is 11.6 Å². The third-order valence-corrected chi connectivity index (χ3v) is 7.96. The van der Waals surface area contributed by atoms with Gasteiger partial charge in [0.2, 0.25) is 0 Å². The Bertz CT molecular complexity index is 1240. The molecule has 0 bridgehead atoms. The first-order valence-electron chi connectivity index (χ1n) is 10.6. The Morgan fingerprint density at radius 3 is 2.73 bits per heavy atom. The lowest BCUT2D eigenvalue weighted by molar-refractivity contribution is -0.386. The van der Waals surface area contributed by atoms with E-state index in [0.29, 0.717) is 33.4 Å². The number of nitrogens with zero attached hydrogens (tertiary/aromatic N) is 3. The molecule has 0 atom stereocenters. The number of hydrogen-bond acceptors (Lipinski definition) is 8. The molecular formula is C22H24N4O5S2. The summed E-state index contributed by atoms with van der Waals surface area (Å²) in [5.41, 5.74) is 3.13. The van der Waals surface area contributed by atoms with Gasteiger partial charge in [-0.3, -0.25) is 19.6 Å². The molecule has 0 radical (unpaired) electrons. The quantitative estimate of drug-likeness (QED) is 0.229. The minimum Gasteiger partial charge on any atom is -0.465 e. The van der Waals surface area contributed by atoms with Gasteiger partial charge < -0.3 is 10.1 Å². The molecule has 1 aliphatic carbocycles. The van der Waals surface area contributed by atoms with Crippen molar-refractivity contribution in [2.24, 2.45) is 0 Å². The lowest BCUT2D eigenvalue weighted by Gasteiger charge is -2.06. The molecule has 0 aliphatic heterocycles. The second-order valence-electron chi connectivity index (χ2n) is 7.97. The van der Waals surface area contributed by atoms with Gasteiger partial charge in [-0.2, -0.15) is 5.10 Å². The number of aromatic nitrogens is 2. The number of methoxy groups -OCH3 is 1. The van der Waals surface area contributed by atoms with Crippen LogP contribution >= 0.6 is 22.7 Å². The van der Waals surface area contributed by atoms with E-state index in [0.717, 1.165) is 48.1 Å². The van der Waals surface area contributed by atoms with Gasteiger partial charge in [-0.05, 0) is 62.1 Å². The van der Waals surface area contributed by atoms with Crippen LogP contribution in [0.25, 0.3) is 0 Å². The van der Waals surface area contributed by atoms with Gasteiger partial charge in [0.05, 0.1) is 29.0 Å². The normalized spacial score (nSPS) is 13.3. The standard InChI is InChI=1S/C22H24N4O5S2/c1-12-19(26(29)30)13(2)25(24-12)10-14-9-17(32-11-14)20(27)23-21-18(22(28)31-3)15-7-5-4-6-8-16(15)33-21/h9,11H,4-8,10H2,1-3H3,(H,23,27). The van der Waals surface area contributed by atoms with E-state index in [1.807, 2.05) is 5.38 Å². The highest BCUT2D eigenvalue weighted by Crippen LogP contribution is 2.38. The zero-order chi connectivity index (χ0) is 23.7. The first kappa shape index (κ1) is 23.1. The van der Waals surface area contributed by atoms with Crippen molar-refractivity contribution in [3.05, 3.63) is 59.4 Å². The molecule has 33 heavy (non-hydrogen) atoms. The smallest absolute Gasteiger partial charge is 0.341 e. The van der Waals surface area contributed by atoms with Gasteiger partial charge >= 0.3 is 11.7 Å². The fraction of sp³-hybridized carbons (Fsp3) is 0.409. The Hall–Kier alpha value is -3.05. The van der Waals surface area contributed by atoms with Crippen LogP contribution in [0.2, 0.25) is 0 Å². The van der Waals surface area contributed by atoms with Gasteiger partial charge in [0.25, 0.3) is 5.91 Å². The Labute approximate surface area is 198 Å². The highest BCUT2D eigenvalue weighted by atomic mass is 32.1. The molecule has 9 nitrogen and oxygen atoms in total. The molecule has 1 amide bonds. The summed E-state index contributed by atoms with van der Waals surface area (Å²) >= 11 is 2.73. The maximum atomic E-state index is 13.0. The predicted octanol–water partition coefficient (Wildman–Crippen LogP) is 4.89. The van der Waals surface area contributed by atoms with E-state index in [2.05, 4.69) is 10.4 Å². The minimum absolute atomic E-state index is 0.0102. The van der Waals surface area contributed by atoms with Crippen LogP contribution in [0.4, 0.5) is 10.7 Å². The van der Waals surface area contributed by atoms with E-state index in [4.69, 9.17) is 4.74 Å². The highest BCUT2D eigenvalue weighted by molar-refractivity contribution is 7.17. The average molecular weight is 489 g/mol. The number of thiophene rings is 2. The maximum absolute atomic E-state index is 13.0. The minimum atomic E-state index is -0.428. The number of nitro groups is 1. The van der Waals surface area contributed by atoms with Gasteiger partial charge in [-0.25, -0.2) is 4.79 Å². The molecule has 1 N–H and O–H groups in total. The number of fused-ring (bicyclic) bond motifs is 1. The van der Waals surface area contributed by atoms with Crippen molar-refractivity contribution < 1.29 is 19.2 Å². The van der Waals surface area contributed by atoms with Crippen LogP contribution in [0.3, 0.4) is 0 Å². The molecule has 1 aliphatic rings. The second-order valence-corrected chi connectivity index (χ2v) is 9.98. The molecule has 0 aromatic carbocycles. The van der Waals surface area contributed by atoms with Crippen molar-refractivity contribution in [1.82, 2.24) is 9.78 Å². The van der Waals surface area contributed by atoms with Gasteiger partial charge in [0, 0.05) is 4.88 Å². The van der Waals surface area contributed by atoms with Crippen LogP contribution in [-0.4, -0.2) is 33.7 Å². The summed E-state index contributed by atoms with van der Waals surface area (Å²) in [6.45, 7) is 3.59. The van der Waals surface area contributed by atoms with E-state index < -0.39 is 10.9 Å². The average Bonchev–Trinajstić information content (AvgIpc) is 3.39. The Balaban J connectivity index is 1.55. The number of hydrogen-bond donors (Lipinski definition) is 1. The summed E-state index contributed by atoms with van der Waals surface area (Å²) in [7, 11) is 1.35. The summed E-state index contributed by atoms with van der Waals surface area (Å²) in [4.78, 5) is 37.9. The molecule has 3 aromatic heterocycles. The van der Waals surface area contributed by atoms with Crippen molar-refractivity contribution in [3.63, 3.8) is 0 Å². The van der Waals surface area contributed by atoms with Gasteiger partial charge in [0.1, 0.15) is 16.4 Å². The number of rotatable bonds is 6. The zero-order valence-electron chi connectivity index (χ0n) is 18.6. The zero-order valence-corrected chi connectivity index (χ0v) is 20.2. The summed E-state index contributed by atoms with van der Waals surface area (Å²) in [5, 5.41) is 20.8. The van der Waals surface area contributed by atoms with E-state index >= 15 is 0 Å². The number of aryl methyl sites for hydroxylation is 2. The van der Waals surface area contributed by atoms with Crippen LogP contribution in [0, 0.1) is 24.0 Å². The van der Waals surface area contributed by atoms with Crippen molar-refractivity contribution >= 4 is 45.2 Å². The van der Waals surface area contributed by atoms with Crippen molar-refractivity contribution in [2.75, 3.05) is 12.4 Å². The fourth-order valence-electron chi connectivity index (χ4n) is 4.17. The monoisotopic (exact) mass is 488 g/mol. The Kier molecular flexibility index (Phi) is 6.61. The number of carbonyl (C=O) groups is 2. The molecule has 11 heteroatoms. The Morgan fingerprint density at radius 2 is 2.03 bits per heavy atom. The molecule has 0 saturated heterocycles. The van der Waals surface area contributed by atoms with Crippen molar-refractivity contribution in [3.8, 4) is 0 Å². The van der Waals surface area contributed by atoms with Crippen LogP contribution in [0.15, 0.2) is 11.4 Å². The number of nitrogens with one attached hydrogen (secondary N) is 1. The molecule has 0 unspecified atom stereocenters. The molecule has 3 aromatic rings.